The van der Waals surface area contributed by atoms with Gasteiger partial charge in [-0.3, -0.25) is 4.79 Å². The third-order valence-electron chi connectivity index (χ3n) is 5.51. The third-order valence-corrected chi connectivity index (χ3v) is 5.51. The summed E-state index contributed by atoms with van der Waals surface area (Å²) in [4.78, 5) is 28.0. The van der Waals surface area contributed by atoms with Gasteiger partial charge in [0.1, 0.15) is 11.5 Å². The summed E-state index contributed by atoms with van der Waals surface area (Å²) in [7, 11) is 0. The van der Waals surface area contributed by atoms with E-state index in [2.05, 4.69) is 19.8 Å². The number of amides is 1. The van der Waals surface area contributed by atoms with Crippen LogP contribution in [-0.2, 0) is 0 Å². The minimum Gasteiger partial charge on any atom is -0.368 e. The molecule has 1 aromatic heterocycles. The lowest BCUT2D eigenvalue weighted by molar-refractivity contribution is 0.0755. The fraction of sp³-hybridized carbons (Fsp3) is 0.476. The quantitative estimate of drug-likeness (QED) is 0.816. The van der Waals surface area contributed by atoms with Crippen LogP contribution in [0, 0.1) is 5.82 Å². The lowest BCUT2D eigenvalue weighted by Gasteiger charge is -2.36. The monoisotopic (exact) mass is 383 g/mol. The standard InChI is InChI=1S/C21H26FN5O/c22-17-5-7-18(8-6-17)25-13-15-27(16-14-25)21-23-10-9-19(24-21)20(28)26-11-3-1-2-4-12-26/h5-10H,1-4,11-16H2. The van der Waals surface area contributed by atoms with Crippen molar-refractivity contribution < 1.29 is 9.18 Å². The summed E-state index contributed by atoms with van der Waals surface area (Å²) >= 11 is 0. The number of carbonyl (C=O) groups is 1. The van der Waals surface area contributed by atoms with Gasteiger partial charge in [0.05, 0.1) is 0 Å². The van der Waals surface area contributed by atoms with Crippen molar-refractivity contribution >= 4 is 17.5 Å². The Labute approximate surface area is 165 Å². The van der Waals surface area contributed by atoms with Gasteiger partial charge in [0, 0.05) is 51.2 Å². The normalized spacial score (nSPS) is 18.1. The fourth-order valence-electron chi connectivity index (χ4n) is 3.87. The lowest BCUT2D eigenvalue weighted by atomic mass is 10.2. The van der Waals surface area contributed by atoms with Crippen LogP contribution in [-0.4, -0.2) is 60.0 Å². The zero-order valence-electron chi connectivity index (χ0n) is 16.1. The van der Waals surface area contributed by atoms with Crippen LogP contribution in [0.15, 0.2) is 36.5 Å². The van der Waals surface area contributed by atoms with Crippen LogP contribution in [0.1, 0.15) is 36.2 Å². The van der Waals surface area contributed by atoms with Crippen molar-refractivity contribution in [2.75, 3.05) is 49.1 Å². The first-order chi connectivity index (χ1) is 13.7. The number of piperazine rings is 1. The molecule has 2 fully saturated rings. The highest BCUT2D eigenvalue weighted by atomic mass is 19.1. The van der Waals surface area contributed by atoms with Gasteiger partial charge >= 0.3 is 0 Å². The first-order valence-electron chi connectivity index (χ1n) is 10.1. The molecule has 0 aliphatic carbocycles. The summed E-state index contributed by atoms with van der Waals surface area (Å²) in [5.74, 6) is 0.400. The molecule has 6 nitrogen and oxygen atoms in total. The molecule has 28 heavy (non-hydrogen) atoms. The van der Waals surface area contributed by atoms with Gasteiger partial charge in [0.25, 0.3) is 5.91 Å². The molecule has 0 unspecified atom stereocenters. The van der Waals surface area contributed by atoms with E-state index in [1.165, 1.54) is 25.0 Å². The van der Waals surface area contributed by atoms with Gasteiger partial charge in [-0.1, -0.05) is 12.8 Å². The minimum atomic E-state index is -0.221. The Bertz CT molecular complexity index is 797. The van der Waals surface area contributed by atoms with Crippen LogP contribution in [0.4, 0.5) is 16.0 Å². The maximum Gasteiger partial charge on any atom is 0.272 e. The minimum absolute atomic E-state index is 0.00972. The fourth-order valence-corrected chi connectivity index (χ4v) is 3.87. The van der Waals surface area contributed by atoms with Gasteiger partial charge in [-0.15, -0.1) is 0 Å². The molecule has 3 heterocycles. The number of benzene rings is 1. The van der Waals surface area contributed by atoms with Crippen LogP contribution in [0.5, 0.6) is 0 Å². The van der Waals surface area contributed by atoms with Crippen LogP contribution in [0.3, 0.4) is 0 Å². The number of hydrogen-bond acceptors (Lipinski definition) is 5. The molecule has 1 amide bonds. The number of likely N-dealkylation sites (tertiary alicyclic amines) is 1. The van der Waals surface area contributed by atoms with Crippen molar-refractivity contribution in [2.24, 2.45) is 0 Å². The second kappa shape index (κ2) is 8.54. The average Bonchev–Trinajstić information content (AvgIpc) is 3.04. The van der Waals surface area contributed by atoms with Crippen molar-refractivity contribution in [3.63, 3.8) is 0 Å². The van der Waals surface area contributed by atoms with Crippen LogP contribution in [0.25, 0.3) is 0 Å². The molecule has 2 aliphatic rings. The maximum absolute atomic E-state index is 13.1. The van der Waals surface area contributed by atoms with Crippen molar-refractivity contribution in [1.29, 1.82) is 0 Å². The van der Waals surface area contributed by atoms with Gasteiger partial charge < -0.3 is 14.7 Å². The molecule has 2 saturated heterocycles. The molecule has 1 aromatic carbocycles. The van der Waals surface area contributed by atoms with Crippen molar-refractivity contribution in [3.8, 4) is 0 Å². The number of rotatable bonds is 3. The number of nitrogens with zero attached hydrogens (tertiary/aromatic N) is 5. The van der Waals surface area contributed by atoms with E-state index in [0.29, 0.717) is 11.6 Å². The summed E-state index contributed by atoms with van der Waals surface area (Å²) < 4.78 is 13.1. The Morgan fingerprint density at radius 1 is 0.821 bits per heavy atom. The number of halogens is 1. The second-order valence-corrected chi connectivity index (χ2v) is 7.40. The highest BCUT2D eigenvalue weighted by Gasteiger charge is 2.22. The second-order valence-electron chi connectivity index (χ2n) is 7.40. The van der Waals surface area contributed by atoms with E-state index in [1.54, 1.807) is 12.3 Å². The molecule has 0 atom stereocenters. The Hall–Kier alpha value is -2.70. The number of carbonyl (C=O) groups excluding carboxylic acids is 1. The predicted molar refractivity (Wildman–Crippen MR) is 107 cm³/mol. The Balaban J connectivity index is 1.40. The molecule has 0 bridgehead atoms. The van der Waals surface area contributed by atoms with Crippen LogP contribution >= 0.6 is 0 Å². The molecule has 0 spiro atoms. The molecule has 0 radical (unpaired) electrons. The first kappa shape index (κ1) is 18.7. The topological polar surface area (TPSA) is 52.6 Å². The molecule has 148 valence electrons. The van der Waals surface area contributed by atoms with E-state index in [-0.39, 0.29) is 11.7 Å². The molecular weight excluding hydrogens is 357 g/mol. The highest BCUT2D eigenvalue weighted by molar-refractivity contribution is 5.92. The number of anilines is 2. The molecule has 2 aromatic rings. The predicted octanol–water partition coefficient (Wildman–Crippen LogP) is 2.96. The molecule has 4 rings (SSSR count). The van der Waals surface area contributed by atoms with Gasteiger partial charge in [-0.25, -0.2) is 14.4 Å². The lowest BCUT2D eigenvalue weighted by Crippen LogP contribution is -2.47. The molecule has 0 N–H and O–H groups in total. The molecule has 7 heteroatoms. The highest BCUT2D eigenvalue weighted by Crippen LogP contribution is 2.19. The van der Waals surface area contributed by atoms with E-state index in [0.717, 1.165) is 57.8 Å². The van der Waals surface area contributed by atoms with E-state index < -0.39 is 0 Å². The molecule has 2 aliphatic heterocycles. The van der Waals surface area contributed by atoms with Crippen molar-refractivity contribution in [3.05, 3.63) is 48.0 Å². The summed E-state index contributed by atoms with van der Waals surface area (Å²) in [5, 5.41) is 0. The molecule has 0 saturated carbocycles. The summed E-state index contributed by atoms with van der Waals surface area (Å²) in [5.41, 5.74) is 1.50. The molecular formula is C21H26FN5O. The summed E-state index contributed by atoms with van der Waals surface area (Å²) in [6.45, 7) is 4.76. The van der Waals surface area contributed by atoms with Crippen molar-refractivity contribution in [1.82, 2.24) is 14.9 Å². The maximum atomic E-state index is 13.1. The first-order valence-corrected chi connectivity index (χ1v) is 10.1. The average molecular weight is 383 g/mol. The van der Waals surface area contributed by atoms with Crippen LogP contribution < -0.4 is 9.80 Å². The van der Waals surface area contributed by atoms with Crippen molar-refractivity contribution in [2.45, 2.75) is 25.7 Å². The van der Waals surface area contributed by atoms with Gasteiger partial charge in [-0.2, -0.15) is 0 Å². The Morgan fingerprint density at radius 2 is 1.46 bits per heavy atom. The Morgan fingerprint density at radius 3 is 2.14 bits per heavy atom. The summed E-state index contributed by atoms with van der Waals surface area (Å²) in [6, 6.07) is 8.31. The third kappa shape index (κ3) is 4.24. The van der Waals surface area contributed by atoms with E-state index in [9.17, 15) is 9.18 Å². The van der Waals surface area contributed by atoms with Gasteiger partial charge in [0.15, 0.2) is 0 Å². The van der Waals surface area contributed by atoms with Gasteiger partial charge in [0.2, 0.25) is 5.95 Å². The van der Waals surface area contributed by atoms with E-state index in [1.807, 2.05) is 17.0 Å². The SMILES string of the molecule is O=C(c1ccnc(N2CCN(c3ccc(F)cc3)CC2)n1)N1CCCCCC1. The van der Waals surface area contributed by atoms with Crippen LogP contribution in [0.2, 0.25) is 0 Å². The zero-order chi connectivity index (χ0) is 19.3. The van der Waals surface area contributed by atoms with E-state index >= 15 is 0 Å². The number of aromatic nitrogens is 2. The number of hydrogen-bond donors (Lipinski definition) is 0. The Kier molecular flexibility index (Phi) is 5.69. The largest absolute Gasteiger partial charge is 0.368 e. The van der Waals surface area contributed by atoms with E-state index in [4.69, 9.17) is 0 Å². The summed E-state index contributed by atoms with van der Waals surface area (Å²) in [6.07, 6.45) is 6.19. The van der Waals surface area contributed by atoms with Gasteiger partial charge in [-0.05, 0) is 43.2 Å². The smallest absolute Gasteiger partial charge is 0.272 e. The zero-order valence-corrected chi connectivity index (χ0v) is 16.1.